The second kappa shape index (κ2) is 5.90. The lowest BCUT2D eigenvalue weighted by atomic mass is 9.88. The number of piperidine rings is 1. The predicted molar refractivity (Wildman–Crippen MR) is 75.6 cm³/mol. The molecule has 6 nitrogen and oxygen atoms in total. The third kappa shape index (κ3) is 2.89. The molecule has 1 saturated heterocycles. The first-order valence-electron chi connectivity index (χ1n) is 6.76. The summed E-state index contributed by atoms with van der Waals surface area (Å²) < 4.78 is 0. The molecular formula is C14H20N4O2. The predicted octanol–water partition coefficient (Wildman–Crippen LogP) is 1.29. The third-order valence-corrected chi connectivity index (χ3v) is 4.01. The molecule has 1 aromatic rings. The van der Waals surface area contributed by atoms with Crippen molar-refractivity contribution >= 4 is 11.7 Å². The zero-order valence-electron chi connectivity index (χ0n) is 11.8. The van der Waals surface area contributed by atoms with Gasteiger partial charge in [0.1, 0.15) is 5.69 Å². The van der Waals surface area contributed by atoms with E-state index in [0.717, 1.165) is 19.5 Å². The van der Waals surface area contributed by atoms with Gasteiger partial charge in [-0.25, -0.2) is 0 Å². The largest absolute Gasteiger partial charge is 0.409 e. The van der Waals surface area contributed by atoms with E-state index in [0.29, 0.717) is 23.1 Å². The molecule has 1 aliphatic rings. The number of hydrogen-bond donors (Lipinski definition) is 2. The molecule has 108 valence electrons. The average molecular weight is 276 g/mol. The molecule has 0 saturated carbocycles. The van der Waals surface area contributed by atoms with Crippen molar-refractivity contribution in [1.82, 2.24) is 9.88 Å². The number of oxime groups is 1. The highest BCUT2D eigenvalue weighted by Crippen LogP contribution is 2.23. The highest BCUT2D eigenvalue weighted by atomic mass is 16.4. The summed E-state index contributed by atoms with van der Waals surface area (Å²) in [4.78, 5) is 18.3. The topological polar surface area (TPSA) is 91.8 Å². The van der Waals surface area contributed by atoms with Crippen LogP contribution >= 0.6 is 0 Å². The Labute approximate surface area is 118 Å². The first kappa shape index (κ1) is 14.3. The van der Waals surface area contributed by atoms with Gasteiger partial charge in [0.05, 0.1) is 0 Å². The van der Waals surface area contributed by atoms with E-state index in [-0.39, 0.29) is 11.7 Å². The van der Waals surface area contributed by atoms with Gasteiger partial charge in [-0.15, -0.1) is 0 Å². The zero-order valence-corrected chi connectivity index (χ0v) is 11.8. The van der Waals surface area contributed by atoms with Crippen LogP contribution in [-0.2, 0) is 0 Å². The molecule has 1 aliphatic heterocycles. The van der Waals surface area contributed by atoms with E-state index in [4.69, 9.17) is 10.9 Å². The second-order valence-corrected chi connectivity index (χ2v) is 5.41. The zero-order chi connectivity index (χ0) is 14.7. The summed E-state index contributed by atoms with van der Waals surface area (Å²) >= 11 is 0. The van der Waals surface area contributed by atoms with E-state index in [9.17, 15) is 4.79 Å². The highest BCUT2D eigenvalue weighted by Gasteiger charge is 2.27. The second-order valence-electron chi connectivity index (χ2n) is 5.41. The number of amidine groups is 1. The molecule has 2 heterocycles. The number of nitrogens with zero attached hydrogens (tertiary/aromatic N) is 3. The van der Waals surface area contributed by atoms with Crippen LogP contribution in [0.25, 0.3) is 0 Å². The maximum absolute atomic E-state index is 12.4. The fourth-order valence-corrected chi connectivity index (χ4v) is 2.34. The first-order chi connectivity index (χ1) is 9.52. The summed E-state index contributed by atoms with van der Waals surface area (Å²) in [6, 6.07) is 3.24. The number of carbonyl (C=O) groups excluding carboxylic acids is 1. The van der Waals surface area contributed by atoms with Gasteiger partial charge in [0.25, 0.3) is 5.91 Å². The molecule has 1 fully saturated rings. The molecule has 0 aromatic carbocycles. The van der Waals surface area contributed by atoms with Gasteiger partial charge < -0.3 is 15.8 Å². The van der Waals surface area contributed by atoms with Crippen molar-refractivity contribution in [3.8, 4) is 0 Å². The van der Waals surface area contributed by atoms with E-state index in [1.54, 1.807) is 12.1 Å². The van der Waals surface area contributed by atoms with E-state index in [1.165, 1.54) is 6.20 Å². The van der Waals surface area contributed by atoms with Gasteiger partial charge in [0, 0.05) is 24.8 Å². The maximum Gasteiger partial charge on any atom is 0.272 e. The van der Waals surface area contributed by atoms with Crippen LogP contribution in [0.15, 0.2) is 23.5 Å². The SMILES string of the molecule is CC1CCN(C(=O)c2ccc(/C(N)=N/O)cn2)CC1C. The molecule has 0 spiro atoms. The van der Waals surface area contributed by atoms with Crippen molar-refractivity contribution in [2.75, 3.05) is 13.1 Å². The number of likely N-dealkylation sites (tertiary alicyclic amines) is 1. The van der Waals surface area contributed by atoms with Gasteiger partial charge in [-0.1, -0.05) is 19.0 Å². The lowest BCUT2D eigenvalue weighted by Gasteiger charge is -2.35. The number of carbonyl (C=O) groups is 1. The van der Waals surface area contributed by atoms with Crippen molar-refractivity contribution in [2.45, 2.75) is 20.3 Å². The molecule has 20 heavy (non-hydrogen) atoms. The Bertz CT molecular complexity index is 512. The van der Waals surface area contributed by atoms with Crippen LogP contribution in [0.4, 0.5) is 0 Å². The van der Waals surface area contributed by atoms with Crippen LogP contribution in [0.3, 0.4) is 0 Å². The number of nitrogens with two attached hydrogens (primary N) is 1. The molecule has 1 amide bonds. The molecule has 0 bridgehead atoms. The number of amides is 1. The molecule has 1 aromatic heterocycles. The van der Waals surface area contributed by atoms with Crippen LogP contribution in [0.2, 0.25) is 0 Å². The molecule has 2 rings (SSSR count). The van der Waals surface area contributed by atoms with Crippen molar-refractivity contribution < 1.29 is 10.0 Å². The molecule has 0 radical (unpaired) electrons. The number of aromatic nitrogens is 1. The van der Waals surface area contributed by atoms with E-state index in [1.807, 2.05) is 4.90 Å². The average Bonchev–Trinajstić information content (AvgIpc) is 2.48. The maximum atomic E-state index is 12.4. The normalized spacial score (nSPS) is 23.7. The summed E-state index contributed by atoms with van der Waals surface area (Å²) in [5.41, 5.74) is 6.34. The van der Waals surface area contributed by atoms with Crippen molar-refractivity contribution in [1.29, 1.82) is 0 Å². The van der Waals surface area contributed by atoms with E-state index >= 15 is 0 Å². The molecule has 2 atom stereocenters. The molecule has 3 N–H and O–H groups in total. The Morgan fingerprint density at radius 3 is 2.75 bits per heavy atom. The lowest BCUT2D eigenvalue weighted by molar-refractivity contribution is 0.0621. The van der Waals surface area contributed by atoms with Gasteiger partial charge in [0.2, 0.25) is 0 Å². The third-order valence-electron chi connectivity index (χ3n) is 4.01. The Kier molecular flexibility index (Phi) is 4.22. The molecule has 0 aliphatic carbocycles. The Hall–Kier alpha value is -2.11. The van der Waals surface area contributed by atoms with Crippen molar-refractivity contribution in [3.05, 3.63) is 29.6 Å². The van der Waals surface area contributed by atoms with E-state index < -0.39 is 0 Å². The van der Waals surface area contributed by atoms with Crippen LogP contribution in [0.5, 0.6) is 0 Å². The first-order valence-corrected chi connectivity index (χ1v) is 6.76. The lowest BCUT2D eigenvalue weighted by Crippen LogP contribution is -2.42. The van der Waals surface area contributed by atoms with Gasteiger partial charge >= 0.3 is 0 Å². The number of pyridine rings is 1. The summed E-state index contributed by atoms with van der Waals surface area (Å²) in [5.74, 6) is 1.07. The molecule has 2 unspecified atom stereocenters. The fourth-order valence-electron chi connectivity index (χ4n) is 2.34. The standard InChI is InChI=1S/C14H20N4O2/c1-9-5-6-18(8-10(9)2)14(19)12-4-3-11(7-16-12)13(15)17-20/h3-4,7,9-10,20H,5-6,8H2,1-2H3,(H2,15,17). The van der Waals surface area contributed by atoms with Crippen LogP contribution in [-0.4, -0.2) is 39.9 Å². The minimum absolute atomic E-state index is 0.0167. The summed E-state index contributed by atoms with van der Waals surface area (Å²) in [5, 5.41) is 11.5. The minimum atomic E-state index is -0.0604. The fraction of sp³-hybridized carbons (Fsp3) is 0.500. The monoisotopic (exact) mass is 276 g/mol. The summed E-state index contributed by atoms with van der Waals surface area (Å²) in [7, 11) is 0. The Balaban J connectivity index is 2.10. The smallest absolute Gasteiger partial charge is 0.272 e. The van der Waals surface area contributed by atoms with Crippen LogP contribution in [0, 0.1) is 11.8 Å². The molecular weight excluding hydrogens is 256 g/mol. The Morgan fingerprint density at radius 1 is 1.45 bits per heavy atom. The quantitative estimate of drug-likeness (QED) is 0.368. The van der Waals surface area contributed by atoms with Crippen molar-refractivity contribution in [3.63, 3.8) is 0 Å². The molecule has 6 heteroatoms. The van der Waals surface area contributed by atoms with Crippen LogP contribution in [0.1, 0.15) is 36.3 Å². The number of hydrogen-bond acceptors (Lipinski definition) is 4. The van der Waals surface area contributed by atoms with Gasteiger partial charge in [-0.3, -0.25) is 9.78 Å². The summed E-state index contributed by atoms with van der Waals surface area (Å²) in [6.45, 7) is 5.92. The highest BCUT2D eigenvalue weighted by molar-refractivity contribution is 5.98. The van der Waals surface area contributed by atoms with Crippen LogP contribution < -0.4 is 5.73 Å². The van der Waals surface area contributed by atoms with Gasteiger partial charge in [-0.05, 0) is 30.4 Å². The van der Waals surface area contributed by atoms with Gasteiger partial charge in [-0.2, -0.15) is 0 Å². The number of rotatable bonds is 2. The van der Waals surface area contributed by atoms with E-state index in [2.05, 4.69) is 24.0 Å². The van der Waals surface area contributed by atoms with Crippen molar-refractivity contribution in [2.24, 2.45) is 22.7 Å². The Morgan fingerprint density at radius 2 is 2.20 bits per heavy atom. The minimum Gasteiger partial charge on any atom is -0.409 e. The summed E-state index contributed by atoms with van der Waals surface area (Å²) in [6.07, 6.45) is 2.47. The van der Waals surface area contributed by atoms with Gasteiger partial charge in [0.15, 0.2) is 5.84 Å².